The van der Waals surface area contributed by atoms with Crippen LogP contribution in [0.15, 0.2) is 121 Å². The molecule has 5 rings (SSSR count). The summed E-state index contributed by atoms with van der Waals surface area (Å²) >= 11 is 0. The summed E-state index contributed by atoms with van der Waals surface area (Å²) in [6, 6.07) is 41.7. The highest BCUT2D eigenvalue weighted by atomic mass is 16.1. The third kappa shape index (κ3) is 4.91. The van der Waals surface area contributed by atoms with E-state index < -0.39 is 5.54 Å². The second-order valence-corrected chi connectivity index (χ2v) is 9.33. The van der Waals surface area contributed by atoms with Crippen molar-refractivity contribution in [3.63, 3.8) is 0 Å². The van der Waals surface area contributed by atoms with Gasteiger partial charge in [-0.1, -0.05) is 122 Å². The summed E-state index contributed by atoms with van der Waals surface area (Å²) in [5.41, 5.74) is 3.74. The van der Waals surface area contributed by atoms with Crippen molar-refractivity contribution in [3.8, 4) is 0 Å². The Morgan fingerprint density at radius 1 is 0.571 bits per heavy atom. The first-order valence-corrected chi connectivity index (χ1v) is 12.6. The molecule has 4 aromatic carbocycles. The second kappa shape index (κ2) is 10.7. The topological polar surface area (TPSA) is 41.1 Å². The van der Waals surface area contributed by atoms with E-state index in [1.807, 2.05) is 30.3 Å². The average Bonchev–Trinajstić information content (AvgIpc) is 2.94. The monoisotopic (exact) mass is 460 g/mol. The van der Waals surface area contributed by atoms with Crippen molar-refractivity contribution in [2.45, 2.75) is 43.3 Å². The Labute approximate surface area is 208 Å². The van der Waals surface area contributed by atoms with Gasteiger partial charge < -0.3 is 5.32 Å². The smallest absolute Gasteiger partial charge is 0.251 e. The van der Waals surface area contributed by atoms with Crippen molar-refractivity contribution in [2.24, 2.45) is 0 Å². The van der Waals surface area contributed by atoms with E-state index in [-0.39, 0.29) is 18.0 Å². The van der Waals surface area contributed by atoms with Crippen LogP contribution in [0.2, 0.25) is 0 Å². The number of benzene rings is 4. The molecule has 176 valence electrons. The largest absolute Gasteiger partial charge is 0.348 e. The van der Waals surface area contributed by atoms with Crippen molar-refractivity contribution < 1.29 is 4.79 Å². The molecule has 1 amide bonds. The third-order valence-electron chi connectivity index (χ3n) is 7.14. The first kappa shape index (κ1) is 23.1. The summed E-state index contributed by atoms with van der Waals surface area (Å²) in [7, 11) is 0. The standard InChI is InChI=1S/C32H32N2O/c35-31(25-15-5-1-6-16-25)33-29-23-13-14-24-30(29)34-32(26-17-7-2-8-18-26,27-19-9-3-10-20-27)28-21-11-4-12-22-28/h1-12,15-22,29-30,34H,13-14,23-24H2,(H,33,35). The van der Waals surface area contributed by atoms with Gasteiger partial charge in [-0.3, -0.25) is 10.1 Å². The molecule has 3 nitrogen and oxygen atoms in total. The minimum absolute atomic E-state index is 0.00552. The van der Waals surface area contributed by atoms with Gasteiger partial charge in [0.05, 0.1) is 5.54 Å². The number of carbonyl (C=O) groups excluding carboxylic acids is 1. The number of carbonyl (C=O) groups is 1. The molecule has 0 radical (unpaired) electrons. The zero-order valence-electron chi connectivity index (χ0n) is 19.9. The van der Waals surface area contributed by atoms with Gasteiger partial charge in [-0.15, -0.1) is 0 Å². The van der Waals surface area contributed by atoms with E-state index >= 15 is 0 Å². The molecule has 2 atom stereocenters. The Morgan fingerprint density at radius 2 is 0.971 bits per heavy atom. The van der Waals surface area contributed by atoms with E-state index in [0.29, 0.717) is 5.56 Å². The van der Waals surface area contributed by atoms with Crippen LogP contribution >= 0.6 is 0 Å². The van der Waals surface area contributed by atoms with Gasteiger partial charge in [0.25, 0.3) is 5.91 Å². The van der Waals surface area contributed by atoms with E-state index in [2.05, 4.69) is 102 Å². The minimum Gasteiger partial charge on any atom is -0.348 e. The van der Waals surface area contributed by atoms with E-state index in [9.17, 15) is 4.79 Å². The predicted octanol–water partition coefficient (Wildman–Crippen LogP) is 6.31. The van der Waals surface area contributed by atoms with Crippen molar-refractivity contribution >= 4 is 5.91 Å². The molecule has 2 unspecified atom stereocenters. The Kier molecular flexibility index (Phi) is 7.06. The Hall–Kier alpha value is -3.69. The number of rotatable bonds is 7. The molecule has 0 aliphatic heterocycles. The fourth-order valence-corrected chi connectivity index (χ4v) is 5.41. The number of amides is 1. The molecule has 35 heavy (non-hydrogen) atoms. The number of hydrogen-bond donors (Lipinski definition) is 2. The highest BCUT2D eigenvalue weighted by Gasteiger charge is 2.40. The molecule has 0 saturated heterocycles. The van der Waals surface area contributed by atoms with Crippen LogP contribution in [0.25, 0.3) is 0 Å². The van der Waals surface area contributed by atoms with Crippen LogP contribution in [-0.4, -0.2) is 18.0 Å². The number of nitrogens with one attached hydrogen (secondary N) is 2. The highest BCUT2D eigenvalue weighted by molar-refractivity contribution is 5.94. The van der Waals surface area contributed by atoms with Crippen LogP contribution in [0.5, 0.6) is 0 Å². The first-order chi connectivity index (χ1) is 17.3. The Bertz CT molecular complexity index is 1110. The minimum atomic E-state index is -0.540. The lowest BCUT2D eigenvalue weighted by Gasteiger charge is -2.44. The van der Waals surface area contributed by atoms with E-state index in [1.54, 1.807) is 0 Å². The summed E-state index contributed by atoms with van der Waals surface area (Å²) in [6.45, 7) is 0. The van der Waals surface area contributed by atoms with Crippen LogP contribution in [0.1, 0.15) is 52.7 Å². The fraction of sp³-hybridized carbons (Fsp3) is 0.219. The van der Waals surface area contributed by atoms with Crippen molar-refractivity contribution in [1.29, 1.82) is 0 Å². The van der Waals surface area contributed by atoms with Crippen molar-refractivity contribution in [2.75, 3.05) is 0 Å². The van der Waals surface area contributed by atoms with Crippen LogP contribution in [0.3, 0.4) is 0 Å². The maximum atomic E-state index is 13.1. The molecule has 0 bridgehead atoms. The SMILES string of the molecule is O=C(NC1CCCCC1NC(c1ccccc1)(c1ccccc1)c1ccccc1)c1ccccc1. The number of hydrogen-bond acceptors (Lipinski definition) is 2. The normalized spacial score (nSPS) is 18.1. The molecule has 4 aromatic rings. The van der Waals surface area contributed by atoms with Crippen molar-refractivity contribution in [1.82, 2.24) is 10.6 Å². The maximum Gasteiger partial charge on any atom is 0.251 e. The average molecular weight is 461 g/mol. The quantitative estimate of drug-likeness (QED) is 0.317. The van der Waals surface area contributed by atoms with Crippen LogP contribution < -0.4 is 10.6 Å². The predicted molar refractivity (Wildman–Crippen MR) is 142 cm³/mol. The lowest BCUT2D eigenvalue weighted by molar-refractivity contribution is 0.0910. The van der Waals surface area contributed by atoms with Gasteiger partial charge in [-0.2, -0.15) is 0 Å². The van der Waals surface area contributed by atoms with E-state index in [0.717, 1.165) is 25.7 Å². The van der Waals surface area contributed by atoms with Gasteiger partial charge in [0.2, 0.25) is 0 Å². The van der Waals surface area contributed by atoms with Crippen LogP contribution in [-0.2, 0) is 5.54 Å². The molecular weight excluding hydrogens is 428 g/mol. The summed E-state index contributed by atoms with van der Waals surface area (Å²) in [5.74, 6) is -0.00552. The third-order valence-corrected chi connectivity index (χ3v) is 7.14. The molecule has 0 spiro atoms. The molecule has 0 heterocycles. The van der Waals surface area contributed by atoms with Gasteiger partial charge in [0.1, 0.15) is 0 Å². The van der Waals surface area contributed by atoms with E-state index in [4.69, 9.17) is 0 Å². The summed E-state index contributed by atoms with van der Waals surface area (Å²) < 4.78 is 0. The zero-order chi connectivity index (χ0) is 23.9. The molecule has 1 aliphatic rings. The first-order valence-electron chi connectivity index (χ1n) is 12.6. The van der Waals surface area contributed by atoms with Gasteiger partial charge in [0.15, 0.2) is 0 Å². The Morgan fingerprint density at radius 3 is 1.43 bits per heavy atom. The van der Waals surface area contributed by atoms with Gasteiger partial charge in [0, 0.05) is 17.6 Å². The second-order valence-electron chi connectivity index (χ2n) is 9.33. The van der Waals surface area contributed by atoms with Crippen molar-refractivity contribution in [3.05, 3.63) is 144 Å². The molecule has 1 fully saturated rings. The molecule has 2 N–H and O–H groups in total. The fourth-order valence-electron chi connectivity index (χ4n) is 5.41. The van der Waals surface area contributed by atoms with Gasteiger partial charge in [-0.25, -0.2) is 0 Å². The molecule has 1 aliphatic carbocycles. The lowest BCUT2D eigenvalue weighted by Crippen LogP contribution is -2.58. The molecule has 3 heteroatoms. The highest BCUT2D eigenvalue weighted by Crippen LogP contribution is 2.38. The van der Waals surface area contributed by atoms with Gasteiger partial charge in [-0.05, 0) is 41.7 Å². The van der Waals surface area contributed by atoms with Gasteiger partial charge >= 0.3 is 0 Å². The molecule has 0 aromatic heterocycles. The lowest BCUT2D eigenvalue weighted by atomic mass is 9.75. The van der Waals surface area contributed by atoms with Crippen LogP contribution in [0.4, 0.5) is 0 Å². The Balaban J connectivity index is 1.57. The zero-order valence-corrected chi connectivity index (χ0v) is 19.9. The summed E-state index contributed by atoms with van der Waals surface area (Å²) in [6.07, 6.45) is 4.23. The summed E-state index contributed by atoms with van der Waals surface area (Å²) in [5, 5.41) is 7.47. The summed E-state index contributed by atoms with van der Waals surface area (Å²) in [4.78, 5) is 13.1. The molecule has 1 saturated carbocycles. The van der Waals surface area contributed by atoms with Crippen LogP contribution in [0, 0.1) is 0 Å². The molecular formula is C32H32N2O. The van der Waals surface area contributed by atoms with E-state index in [1.165, 1.54) is 16.7 Å². The maximum absolute atomic E-state index is 13.1.